The minimum Gasteiger partial charge on any atom is -0.497 e. The third-order valence-corrected chi connectivity index (χ3v) is 15.0. The number of methoxy groups -OCH3 is 2. The van der Waals surface area contributed by atoms with E-state index in [1.54, 1.807) is 32.0 Å². The molecule has 464 valence electrons. The number of hydrogen-bond acceptors (Lipinski definition) is 16. The Kier molecular flexibility index (Phi) is 26.7. The number of halogens is 3. The standard InChI is InChI=1S/C54H86N12O10.C2HF3O2/c1-10-31(4)44(58)49(71)64-45(30(2)3)50(72)63-39(19-15-25-61-52(59)60)47(69)62-38(18-12-14-24-56)46(68)54(32(5)67,65-48(70)40-20-16-26-66(40)51(73)37(57)17-11-13-23-55)36-27-34(75-9)29-42-43(36)53(6,7)35-22-21-33(74-8)28-41(35)76-42;3-2(4,5)1(6)7/h21-22,27-31,37-40,44-45H,10-20,23-26,55-58H2,1-9H3,(H,62,69)(H,63,72)(H,64,71)(H,65,70)(H4,59,60,61);(H,6,7)/t31-,37-,38-,39-,40-,44-,45-,54?;/m0./s1. The van der Waals surface area contributed by atoms with Gasteiger partial charge in [-0.2, -0.15) is 13.2 Å². The molecule has 0 aromatic heterocycles. The van der Waals surface area contributed by atoms with Gasteiger partial charge in [-0.3, -0.25) is 39.0 Å². The van der Waals surface area contributed by atoms with Crippen molar-refractivity contribution in [2.75, 3.05) is 40.4 Å². The zero-order chi connectivity index (χ0) is 62.7. The number of nitrogens with zero attached hydrogens (tertiary/aromatic N) is 1. The molecule has 24 nitrogen and oxygen atoms in total. The lowest BCUT2D eigenvalue weighted by Gasteiger charge is -2.42. The fourth-order valence-electron chi connectivity index (χ4n) is 9.99. The van der Waals surface area contributed by atoms with Crippen molar-refractivity contribution in [2.24, 2.45) is 40.5 Å². The van der Waals surface area contributed by atoms with Gasteiger partial charge in [0.1, 0.15) is 41.1 Å². The quantitative estimate of drug-likeness (QED) is 0.0231. The number of guanidine groups is 1. The molecule has 27 heteroatoms. The van der Waals surface area contributed by atoms with Crippen LogP contribution in [0.1, 0.15) is 136 Å². The van der Waals surface area contributed by atoms with Crippen molar-refractivity contribution in [1.29, 1.82) is 5.41 Å². The number of nitrogens with two attached hydrogens (primary N) is 5. The highest BCUT2D eigenvalue weighted by Crippen LogP contribution is 2.53. The summed E-state index contributed by atoms with van der Waals surface area (Å²) >= 11 is 0. The number of likely N-dealkylation sites (tertiary alicyclic amines) is 1. The summed E-state index contributed by atoms with van der Waals surface area (Å²) in [5.74, 6) is -7.56. The molecule has 5 amide bonds. The molecule has 0 bridgehead atoms. The summed E-state index contributed by atoms with van der Waals surface area (Å²) in [4.78, 5) is 114. The van der Waals surface area contributed by atoms with E-state index in [0.29, 0.717) is 67.7 Å². The van der Waals surface area contributed by atoms with Gasteiger partial charge in [-0.1, -0.05) is 60.5 Å². The third kappa shape index (κ3) is 18.2. The number of carbonyl (C=O) groups is 8. The van der Waals surface area contributed by atoms with Crippen LogP contribution in [0.15, 0.2) is 30.3 Å². The molecule has 4 rings (SSSR count). The molecule has 2 aromatic rings. The molecule has 8 atom stereocenters. The Morgan fingerprint density at radius 1 is 0.831 bits per heavy atom. The van der Waals surface area contributed by atoms with Crippen LogP contribution < -0.4 is 69.5 Å². The molecule has 0 saturated carbocycles. The summed E-state index contributed by atoms with van der Waals surface area (Å²) in [5, 5.41) is 28.8. The highest BCUT2D eigenvalue weighted by Gasteiger charge is 2.55. The number of fused-ring (bicyclic) bond motifs is 2. The van der Waals surface area contributed by atoms with Crippen molar-refractivity contribution >= 4 is 53.0 Å². The van der Waals surface area contributed by atoms with Gasteiger partial charge in [-0.05, 0) is 102 Å². The monoisotopic (exact) mass is 1180 g/mol. The number of Topliss-reactive ketones (excluding diaryl/α,β-unsaturated/α-hetero) is 2. The number of unbranched alkanes of at least 4 members (excludes halogenated alkanes) is 2. The number of benzene rings is 2. The zero-order valence-electron chi connectivity index (χ0n) is 49.0. The number of aliphatic carboxylic acids is 1. The van der Waals surface area contributed by atoms with E-state index in [1.807, 2.05) is 33.8 Å². The van der Waals surface area contributed by atoms with Gasteiger partial charge in [0.15, 0.2) is 23.1 Å². The second kappa shape index (κ2) is 31.5. The largest absolute Gasteiger partial charge is 0.497 e. The predicted molar refractivity (Wildman–Crippen MR) is 303 cm³/mol. The molecule has 2 aliphatic heterocycles. The number of hydrogen-bond donors (Lipinski definition) is 12. The molecule has 17 N–H and O–H groups in total. The van der Waals surface area contributed by atoms with Crippen LogP contribution in [0, 0.1) is 17.2 Å². The summed E-state index contributed by atoms with van der Waals surface area (Å²) in [6.45, 7) is 13.1. The zero-order valence-corrected chi connectivity index (χ0v) is 49.0. The predicted octanol–water partition coefficient (Wildman–Crippen LogP) is 2.56. The van der Waals surface area contributed by atoms with Gasteiger partial charge in [0.25, 0.3) is 0 Å². The van der Waals surface area contributed by atoms with Crippen molar-refractivity contribution in [3.8, 4) is 23.0 Å². The van der Waals surface area contributed by atoms with Crippen LogP contribution in [-0.4, -0.2) is 146 Å². The lowest BCUT2D eigenvalue weighted by molar-refractivity contribution is -0.192. The minimum atomic E-state index is -5.08. The Morgan fingerprint density at radius 2 is 1.41 bits per heavy atom. The number of carbonyl (C=O) groups excluding carboxylic acids is 7. The number of carboxylic acids is 1. The number of rotatable bonds is 30. The molecule has 1 saturated heterocycles. The van der Waals surface area contributed by atoms with Crippen molar-refractivity contribution in [2.45, 2.75) is 172 Å². The highest BCUT2D eigenvalue weighted by molar-refractivity contribution is 6.17. The van der Waals surface area contributed by atoms with Gasteiger partial charge in [0, 0.05) is 47.3 Å². The van der Waals surface area contributed by atoms with Crippen molar-refractivity contribution < 1.29 is 70.8 Å². The molecule has 1 unspecified atom stereocenters. The first-order valence-electron chi connectivity index (χ1n) is 27.9. The Labute approximate surface area is 482 Å². The van der Waals surface area contributed by atoms with Crippen LogP contribution >= 0.6 is 0 Å². The van der Waals surface area contributed by atoms with E-state index >= 15 is 14.4 Å². The number of amides is 5. The average Bonchev–Trinajstić information content (AvgIpc) is 1.32. The van der Waals surface area contributed by atoms with Crippen LogP contribution in [-0.2, 0) is 49.3 Å². The fourth-order valence-corrected chi connectivity index (χ4v) is 9.99. The molecule has 2 aromatic carbocycles. The lowest BCUT2D eigenvalue weighted by Crippen LogP contribution is -2.66. The summed E-state index contributed by atoms with van der Waals surface area (Å²) in [6.07, 6.45) is -1.57. The number of nitrogens with one attached hydrogen (secondary N) is 6. The minimum absolute atomic E-state index is 0.00197. The maximum absolute atomic E-state index is 16.3. The highest BCUT2D eigenvalue weighted by atomic mass is 19.4. The van der Waals surface area contributed by atoms with Gasteiger partial charge in [0.2, 0.25) is 29.5 Å². The molecule has 83 heavy (non-hydrogen) atoms. The van der Waals surface area contributed by atoms with Crippen LogP contribution in [0.5, 0.6) is 23.0 Å². The van der Waals surface area contributed by atoms with E-state index in [4.69, 9.17) is 58.2 Å². The Bertz CT molecular complexity index is 2620. The molecule has 0 spiro atoms. The van der Waals surface area contributed by atoms with Crippen LogP contribution in [0.3, 0.4) is 0 Å². The van der Waals surface area contributed by atoms with E-state index in [2.05, 4.69) is 26.6 Å². The summed E-state index contributed by atoms with van der Waals surface area (Å²) in [6, 6.07) is 1.36. The lowest BCUT2D eigenvalue weighted by atomic mass is 9.67. The second-order valence-electron chi connectivity index (χ2n) is 21.7. The first kappa shape index (κ1) is 70.2. The molecule has 1 fully saturated rings. The van der Waals surface area contributed by atoms with Gasteiger partial charge >= 0.3 is 12.1 Å². The van der Waals surface area contributed by atoms with Crippen molar-refractivity contribution in [3.63, 3.8) is 0 Å². The van der Waals surface area contributed by atoms with E-state index in [1.165, 1.54) is 32.1 Å². The maximum atomic E-state index is 16.3. The second-order valence-corrected chi connectivity index (χ2v) is 21.7. The van der Waals surface area contributed by atoms with Gasteiger partial charge in [-0.25, -0.2) is 4.79 Å². The van der Waals surface area contributed by atoms with Crippen LogP contribution in [0.25, 0.3) is 0 Å². The van der Waals surface area contributed by atoms with Crippen LogP contribution in [0.2, 0.25) is 0 Å². The molecule has 2 heterocycles. The maximum Gasteiger partial charge on any atom is 0.490 e. The van der Waals surface area contributed by atoms with E-state index in [0.717, 1.165) is 0 Å². The van der Waals surface area contributed by atoms with E-state index in [9.17, 15) is 32.3 Å². The smallest absolute Gasteiger partial charge is 0.490 e. The first-order valence-corrected chi connectivity index (χ1v) is 27.9. The molecule has 0 radical (unpaired) electrons. The van der Waals surface area contributed by atoms with Crippen molar-refractivity contribution in [1.82, 2.24) is 31.5 Å². The summed E-state index contributed by atoms with van der Waals surface area (Å²) < 4.78 is 49.7. The topological polar surface area (TPSA) is 402 Å². The van der Waals surface area contributed by atoms with Gasteiger partial charge < -0.3 is 79.5 Å². The fraction of sp³-hybridized carbons (Fsp3) is 0.625. The molecule has 2 aliphatic rings. The molecular formula is C56H87F3N12O12. The van der Waals surface area contributed by atoms with Gasteiger partial charge in [0.05, 0.1) is 32.3 Å². The number of ketones is 2. The number of ether oxygens (including phenoxy) is 3. The van der Waals surface area contributed by atoms with E-state index < -0.39 is 106 Å². The molecule has 0 aliphatic carbocycles. The normalized spacial score (nSPS) is 17.1. The Morgan fingerprint density at radius 3 is 1.95 bits per heavy atom. The number of alkyl halides is 3. The van der Waals surface area contributed by atoms with Crippen LogP contribution in [0.4, 0.5) is 13.2 Å². The summed E-state index contributed by atoms with van der Waals surface area (Å²) in [5.41, 5.74) is 27.2. The van der Waals surface area contributed by atoms with Gasteiger partial charge in [-0.15, -0.1) is 0 Å². The number of carboxylic acid groups (broad SMARTS) is 1. The SMILES string of the molecule is CC[C@H](C)[C@H](N)C(=O)N[C@H](C(=O)N[C@@H](CCCNC(=N)N)C(=O)N[C@@H](CCCCN)C(=O)C(NC(=O)[C@@H]1CCCN1C(=O)[C@@H](N)CCCCN)(C(C)=O)c1cc(OC)cc2c1C(C)(C)c1ccc(OC)cc1O2)C(C)C.O=C(O)C(F)(F)F. The third-order valence-electron chi connectivity index (χ3n) is 15.0. The summed E-state index contributed by atoms with van der Waals surface area (Å²) in [7, 11) is 2.92. The van der Waals surface area contributed by atoms with E-state index in [-0.39, 0.29) is 80.7 Å². The first-order chi connectivity index (χ1) is 38.9. The molecular weight excluding hydrogens is 1090 g/mol. The average molecular weight is 1180 g/mol. The Hall–Kier alpha value is -7.10. The van der Waals surface area contributed by atoms with Crippen molar-refractivity contribution in [3.05, 3.63) is 47.0 Å². The Balaban J connectivity index is 0.00000241.